The average molecular weight is 502 g/mol. The van der Waals surface area contributed by atoms with Gasteiger partial charge in [0.1, 0.15) is 6.61 Å². The highest BCUT2D eigenvalue weighted by atomic mass is 79.9. The van der Waals surface area contributed by atoms with Crippen molar-refractivity contribution in [3.05, 3.63) is 85.3 Å². The van der Waals surface area contributed by atoms with E-state index in [4.69, 9.17) is 44.3 Å². The monoisotopic (exact) mass is 499 g/mol. The zero-order chi connectivity index (χ0) is 20.1. The molecule has 3 aromatic carbocycles. The standard InChI is InChI=1S/C21H17BrCl3NO2/c1-27-20-8-14(11-26-19-7-6-16(24)9-18(19)25)17(22)10-21(20)28-12-13-2-4-15(23)5-3-13/h2-10,26H,11-12H2,1H3. The summed E-state index contributed by atoms with van der Waals surface area (Å²) in [6.45, 7) is 0.966. The zero-order valence-electron chi connectivity index (χ0n) is 14.9. The first-order chi connectivity index (χ1) is 13.5. The summed E-state index contributed by atoms with van der Waals surface area (Å²) in [4.78, 5) is 0. The lowest BCUT2D eigenvalue weighted by molar-refractivity contribution is 0.284. The molecular formula is C21H17BrCl3NO2. The fourth-order valence-electron chi connectivity index (χ4n) is 2.55. The molecule has 7 heteroatoms. The summed E-state index contributed by atoms with van der Waals surface area (Å²) < 4.78 is 12.3. The van der Waals surface area contributed by atoms with E-state index in [1.54, 1.807) is 19.2 Å². The first kappa shape index (κ1) is 21.1. The van der Waals surface area contributed by atoms with Crippen molar-refractivity contribution in [2.75, 3.05) is 12.4 Å². The molecule has 0 aliphatic carbocycles. The van der Waals surface area contributed by atoms with Crippen LogP contribution in [0.3, 0.4) is 0 Å². The van der Waals surface area contributed by atoms with E-state index in [2.05, 4.69) is 21.2 Å². The first-order valence-electron chi connectivity index (χ1n) is 8.39. The van der Waals surface area contributed by atoms with Crippen molar-refractivity contribution in [1.29, 1.82) is 0 Å². The number of methoxy groups -OCH3 is 1. The number of hydrogen-bond acceptors (Lipinski definition) is 3. The highest BCUT2D eigenvalue weighted by molar-refractivity contribution is 9.10. The predicted molar refractivity (Wildman–Crippen MR) is 120 cm³/mol. The van der Waals surface area contributed by atoms with E-state index in [9.17, 15) is 0 Å². The van der Waals surface area contributed by atoms with Gasteiger partial charge in [0.25, 0.3) is 0 Å². The van der Waals surface area contributed by atoms with Crippen LogP contribution < -0.4 is 14.8 Å². The second-order valence-electron chi connectivity index (χ2n) is 5.99. The molecule has 0 fully saturated rings. The molecule has 0 aliphatic rings. The molecule has 0 unspecified atom stereocenters. The van der Waals surface area contributed by atoms with Crippen LogP contribution in [0.25, 0.3) is 0 Å². The van der Waals surface area contributed by atoms with Crippen LogP contribution in [-0.2, 0) is 13.2 Å². The van der Waals surface area contributed by atoms with Crippen molar-refractivity contribution in [3.63, 3.8) is 0 Å². The quantitative estimate of drug-likeness (QED) is 0.361. The van der Waals surface area contributed by atoms with Gasteiger partial charge < -0.3 is 14.8 Å². The van der Waals surface area contributed by atoms with Gasteiger partial charge in [-0.05, 0) is 53.6 Å². The van der Waals surface area contributed by atoms with Crippen LogP contribution in [-0.4, -0.2) is 7.11 Å². The van der Waals surface area contributed by atoms with Crippen molar-refractivity contribution in [3.8, 4) is 11.5 Å². The van der Waals surface area contributed by atoms with Crippen molar-refractivity contribution in [1.82, 2.24) is 0 Å². The second-order valence-corrected chi connectivity index (χ2v) is 8.12. The van der Waals surface area contributed by atoms with Gasteiger partial charge in [0, 0.05) is 21.1 Å². The smallest absolute Gasteiger partial charge is 0.162 e. The van der Waals surface area contributed by atoms with Crippen LogP contribution in [0, 0.1) is 0 Å². The fourth-order valence-corrected chi connectivity index (χ4v) is 3.61. The van der Waals surface area contributed by atoms with Crippen LogP contribution >= 0.6 is 50.7 Å². The second kappa shape index (κ2) is 9.75. The zero-order valence-corrected chi connectivity index (χ0v) is 18.8. The fraction of sp³-hybridized carbons (Fsp3) is 0.143. The third-order valence-corrected chi connectivity index (χ3v) is 5.58. The molecule has 28 heavy (non-hydrogen) atoms. The Bertz CT molecular complexity index is 965. The molecule has 0 saturated carbocycles. The van der Waals surface area contributed by atoms with E-state index in [0.29, 0.717) is 39.7 Å². The number of halogens is 4. The maximum Gasteiger partial charge on any atom is 0.162 e. The Labute approximate surface area is 187 Å². The summed E-state index contributed by atoms with van der Waals surface area (Å²) in [7, 11) is 1.62. The summed E-state index contributed by atoms with van der Waals surface area (Å²) >= 11 is 21.7. The Hall–Kier alpha value is -1.59. The van der Waals surface area contributed by atoms with Gasteiger partial charge in [-0.2, -0.15) is 0 Å². The van der Waals surface area contributed by atoms with Crippen LogP contribution in [0.1, 0.15) is 11.1 Å². The molecule has 1 N–H and O–H groups in total. The Morgan fingerprint density at radius 2 is 1.61 bits per heavy atom. The minimum Gasteiger partial charge on any atom is -0.493 e. The maximum atomic E-state index is 6.22. The molecule has 0 bridgehead atoms. The van der Waals surface area contributed by atoms with Gasteiger partial charge in [-0.15, -0.1) is 0 Å². The summed E-state index contributed by atoms with van der Waals surface area (Å²) in [6.07, 6.45) is 0. The van der Waals surface area contributed by atoms with Gasteiger partial charge >= 0.3 is 0 Å². The van der Waals surface area contributed by atoms with Crippen LogP contribution in [0.4, 0.5) is 5.69 Å². The lowest BCUT2D eigenvalue weighted by atomic mass is 10.2. The molecule has 0 aromatic heterocycles. The Morgan fingerprint density at radius 3 is 2.29 bits per heavy atom. The van der Waals surface area contributed by atoms with Gasteiger partial charge in [-0.3, -0.25) is 0 Å². The molecular weight excluding hydrogens is 484 g/mol. The van der Waals surface area contributed by atoms with Gasteiger partial charge in [0.05, 0.1) is 17.8 Å². The SMILES string of the molecule is COc1cc(CNc2ccc(Cl)cc2Cl)c(Br)cc1OCc1ccc(Cl)cc1. The number of ether oxygens (including phenoxy) is 2. The molecule has 3 nitrogen and oxygen atoms in total. The lowest BCUT2D eigenvalue weighted by Gasteiger charge is -2.15. The van der Waals surface area contributed by atoms with E-state index in [0.717, 1.165) is 21.3 Å². The summed E-state index contributed by atoms with van der Waals surface area (Å²) in [6, 6.07) is 16.7. The van der Waals surface area contributed by atoms with Crippen molar-refractivity contribution < 1.29 is 9.47 Å². The first-order valence-corrected chi connectivity index (χ1v) is 10.3. The van der Waals surface area contributed by atoms with Crippen molar-refractivity contribution in [2.24, 2.45) is 0 Å². The average Bonchev–Trinajstić information content (AvgIpc) is 2.68. The van der Waals surface area contributed by atoms with E-state index in [1.165, 1.54) is 0 Å². The van der Waals surface area contributed by atoms with Crippen molar-refractivity contribution >= 4 is 56.4 Å². The number of benzene rings is 3. The van der Waals surface area contributed by atoms with Crippen LogP contribution in [0.15, 0.2) is 59.1 Å². The molecule has 0 heterocycles. The minimum absolute atomic E-state index is 0.415. The molecule has 0 atom stereocenters. The number of hydrogen-bond donors (Lipinski definition) is 1. The highest BCUT2D eigenvalue weighted by Crippen LogP contribution is 2.35. The maximum absolute atomic E-state index is 6.22. The molecule has 0 aliphatic heterocycles. The summed E-state index contributed by atoms with van der Waals surface area (Å²) in [5.74, 6) is 1.30. The largest absolute Gasteiger partial charge is 0.493 e. The van der Waals surface area contributed by atoms with Gasteiger partial charge in [0.15, 0.2) is 11.5 Å². The molecule has 0 amide bonds. The topological polar surface area (TPSA) is 30.5 Å². The third kappa shape index (κ3) is 5.48. The summed E-state index contributed by atoms with van der Waals surface area (Å²) in [5.41, 5.74) is 2.83. The van der Waals surface area contributed by atoms with E-state index in [-0.39, 0.29) is 0 Å². The van der Waals surface area contributed by atoms with Gasteiger partial charge in [-0.1, -0.05) is 62.9 Å². The molecule has 146 valence electrons. The van der Waals surface area contributed by atoms with Crippen LogP contribution in [0.2, 0.25) is 15.1 Å². The Kier molecular flexibility index (Phi) is 7.36. The summed E-state index contributed by atoms with van der Waals surface area (Å²) in [5, 5.41) is 5.16. The molecule has 0 spiro atoms. The Balaban J connectivity index is 1.72. The third-order valence-electron chi connectivity index (χ3n) is 4.04. The normalized spacial score (nSPS) is 10.6. The molecule has 0 saturated heterocycles. The van der Waals surface area contributed by atoms with E-state index in [1.807, 2.05) is 42.5 Å². The highest BCUT2D eigenvalue weighted by Gasteiger charge is 2.11. The number of nitrogens with one attached hydrogen (secondary N) is 1. The minimum atomic E-state index is 0.415. The van der Waals surface area contributed by atoms with Gasteiger partial charge in [0.2, 0.25) is 0 Å². The number of rotatable bonds is 7. The Morgan fingerprint density at radius 1 is 0.893 bits per heavy atom. The molecule has 3 rings (SSSR count). The predicted octanol–water partition coefficient (Wildman–Crippen LogP) is 7.61. The van der Waals surface area contributed by atoms with Crippen molar-refractivity contribution in [2.45, 2.75) is 13.2 Å². The molecule has 3 aromatic rings. The van der Waals surface area contributed by atoms with E-state index >= 15 is 0 Å². The number of anilines is 1. The van der Waals surface area contributed by atoms with Crippen LogP contribution in [0.5, 0.6) is 11.5 Å². The lowest BCUT2D eigenvalue weighted by Crippen LogP contribution is -2.03. The van der Waals surface area contributed by atoms with Gasteiger partial charge in [-0.25, -0.2) is 0 Å². The molecule has 0 radical (unpaired) electrons. The van der Waals surface area contributed by atoms with E-state index < -0.39 is 0 Å².